The number of carboxylic acid groups (broad SMARTS) is 1. The minimum atomic E-state index is -0.802. The highest BCUT2D eigenvalue weighted by molar-refractivity contribution is 9.10. The molecular weight excluding hydrogens is 324 g/mol. The quantitative estimate of drug-likeness (QED) is 0.911. The first kappa shape index (κ1) is 14.1. The lowest BCUT2D eigenvalue weighted by Gasteiger charge is -2.30. The van der Waals surface area contributed by atoms with E-state index in [2.05, 4.69) is 21.0 Å². The maximum Gasteiger partial charge on any atom is 0.312 e. The zero-order valence-electron chi connectivity index (χ0n) is 11.7. The fourth-order valence-electron chi connectivity index (χ4n) is 3.32. The lowest BCUT2D eigenvalue weighted by atomic mass is 9.75. The van der Waals surface area contributed by atoms with E-state index >= 15 is 0 Å². The normalized spacial score (nSPS) is 29.9. The molecule has 5 nitrogen and oxygen atoms in total. The largest absolute Gasteiger partial charge is 0.481 e. The summed E-state index contributed by atoms with van der Waals surface area (Å²) in [5.74, 6) is -0.320. The van der Waals surface area contributed by atoms with Crippen LogP contribution in [0.1, 0.15) is 30.7 Å². The Kier molecular flexibility index (Phi) is 3.41. The predicted octanol–water partition coefficient (Wildman–Crippen LogP) is 2.30. The third-order valence-electron chi connectivity index (χ3n) is 4.61. The molecule has 3 rings (SSSR count). The van der Waals surface area contributed by atoms with Gasteiger partial charge in [0.2, 0.25) is 0 Å². The second-order valence-corrected chi connectivity index (χ2v) is 6.78. The van der Waals surface area contributed by atoms with Crippen molar-refractivity contribution >= 4 is 21.9 Å². The van der Waals surface area contributed by atoms with Crippen molar-refractivity contribution in [3.8, 4) is 0 Å². The Bertz CT molecular complexity index is 553. The molecule has 2 aliphatic rings. The molecule has 0 radical (unpaired) electrons. The number of halogens is 1. The first-order chi connectivity index (χ1) is 9.45. The average molecular weight is 343 g/mol. The molecule has 0 spiro atoms. The Morgan fingerprint density at radius 2 is 2.30 bits per heavy atom. The Morgan fingerprint density at radius 1 is 1.60 bits per heavy atom. The fourth-order valence-corrected chi connectivity index (χ4v) is 3.80. The summed E-state index contributed by atoms with van der Waals surface area (Å²) in [4.78, 5) is 12.0. The van der Waals surface area contributed by atoms with Crippen molar-refractivity contribution in [2.45, 2.75) is 38.7 Å². The second kappa shape index (κ2) is 4.84. The number of rotatable bonds is 4. The van der Waals surface area contributed by atoms with Crippen LogP contribution in [0, 0.1) is 18.3 Å². The molecule has 1 aliphatic heterocycles. The topological polar surface area (TPSA) is 64.4 Å². The fraction of sp³-hybridized carbons (Fsp3) is 0.714. The first-order valence-electron chi connectivity index (χ1n) is 6.98. The van der Waals surface area contributed by atoms with Gasteiger partial charge in [-0.3, -0.25) is 9.48 Å². The highest BCUT2D eigenvalue weighted by Crippen LogP contribution is 2.50. The van der Waals surface area contributed by atoms with Crippen LogP contribution >= 0.6 is 15.9 Å². The zero-order chi connectivity index (χ0) is 14.5. The molecule has 0 amide bonds. The number of ether oxygens (including phenoxy) is 1. The van der Waals surface area contributed by atoms with E-state index in [0.29, 0.717) is 25.4 Å². The van der Waals surface area contributed by atoms with Crippen molar-refractivity contribution in [1.29, 1.82) is 0 Å². The van der Waals surface area contributed by atoms with Crippen molar-refractivity contribution in [3.05, 3.63) is 15.9 Å². The molecule has 1 saturated heterocycles. The molecule has 2 atom stereocenters. The lowest BCUT2D eigenvalue weighted by molar-refractivity contribution is -0.153. The maximum absolute atomic E-state index is 12.0. The first-order valence-corrected chi connectivity index (χ1v) is 7.78. The van der Waals surface area contributed by atoms with Crippen LogP contribution in [0.25, 0.3) is 0 Å². The van der Waals surface area contributed by atoms with Crippen molar-refractivity contribution < 1.29 is 14.6 Å². The van der Waals surface area contributed by atoms with E-state index in [0.717, 1.165) is 28.7 Å². The van der Waals surface area contributed by atoms with Crippen LogP contribution in [0.2, 0.25) is 0 Å². The monoisotopic (exact) mass is 342 g/mol. The molecule has 2 heterocycles. The second-order valence-electron chi connectivity index (χ2n) is 5.99. The smallest absolute Gasteiger partial charge is 0.312 e. The Morgan fingerprint density at radius 3 is 2.80 bits per heavy atom. The molecule has 2 fully saturated rings. The van der Waals surface area contributed by atoms with Crippen LogP contribution < -0.4 is 0 Å². The van der Waals surface area contributed by atoms with Gasteiger partial charge in [0.15, 0.2) is 0 Å². The Labute approximate surface area is 126 Å². The Hall–Kier alpha value is -0.880. The van der Waals surface area contributed by atoms with Crippen molar-refractivity contribution in [3.63, 3.8) is 0 Å². The van der Waals surface area contributed by atoms with Crippen LogP contribution in [-0.4, -0.2) is 33.6 Å². The summed E-state index contributed by atoms with van der Waals surface area (Å²) >= 11 is 3.54. The van der Waals surface area contributed by atoms with Crippen LogP contribution in [0.15, 0.2) is 4.47 Å². The van der Waals surface area contributed by atoms with Crippen molar-refractivity contribution in [2.75, 3.05) is 6.61 Å². The number of carbonyl (C=O) groups is 1. The van der Waals surface area contributed by atoms with Crippen LogP contribution in [0.5, 0.6) is 0 Å². The summed E-state index contributed by atoms with van der Waals surface area (Å²) in [5.41, 5.74) is 1.04. The molecule has 0 bridgehead atoms. The third kappa shape index (κ3) is 2.09. The molecule has 1 aromatic rings. The highest BCUT2D eigenvalue weighted by Gasteiger charge is 2.56. The van der Waals surface area contributed by atoms with Gasteiger partial charge in [-0.2, -0.15) is 5.10 Å². The predicted molar refractivity (Wildman–Crippen MR) is 76.5 cm³/mol. The van der Waals surface area contributed by atoms with E-state index in [-0.39, 0.29) is 6.10 Å². The summed E-state index contributed by atoms with van der Waals surface area (Å²) in [5, 5.41) is 14.2. The third-order valence-corrected chi connectivity index (χ3v) is 5.64. The molecule has 20 heavy (non-hydrogen) atoms. The van der Waals surface area contributed by atoms with Gasteiger partial charge in [-0.05, 0) is 48.0 Å². The van der Waals surface area contributed by atoms with E-state index in [9.17, 15) is 9.90 Å². The number of aryl methyl sites for hydroxylation is 2. The van der Waals surface area contributed by atoms with Crippen molar-refractivity contribution in [2.24, 2.45) is 18.4 Å². The molecule has 6 heteroatoms. The molecular formula is C14H19BrN2O3. The highest BCUT2D eigenvalue weighted by atomic mass is 79.9. The average Bonchev–Trinajstić information content (AvgIpc) is 3.10. The van der Waals surface area contributed by atoms with Gasteiger partial charge in [0.25, 0.3) is 0 Å². The summed E-state index contributed by atoms with van der Waals surface area (Å²) in [6.07, 6.45) is 3.08. The van der Waals surface area contributed by atoms with Crippen LogP contribution in [-0.2, 0) is 23.0 Å². The van der Waals surface area contributed by atoms with Gasteiger partial charge in [0, 0.05) is 20.1 Å². The number of aliphatic carboxylic acids is 1. The molecule has 1 saturated carbocycles. The summed E-state index contributed by atoms with van der Waals surface area (Å²) in [6, 6.07) is 0. The van der Waals surface area contributed by atoms with Gasteiger partial charge in [0.05, 0.1) is 22.0 Å². The van der Waals surface area contributed by atoms with E-state index in [4.69, 9.17) is 4.74 Å². The van der Waals surface area contributed by atoms with Gasteiger partial charge in [-0.25, -0.2) is 0 Å². The Balaban J connectivity index is 1.97. The van der Waals surface area contributed by atoms with Gasteiger partial charge in [-0.1, -0.05) is 0 Å². The lowest BCUT2D eigenvalue weighted by Crippen LogP contribution is -2.42. The van der Waals surface area contributed by atoms with Crippen LogP contribution in [0.3, 0.4) is 0 Å². The number of hydrogen-bond donors (Lipinski definition) is 1. The molecule has 1 N–H and O–H groups in total. The van der Waals surface area contributed by atoms with E-state index in [1.165, 1.54) is 0 Å². The van der Waals surface area contributed by atoms with Gasteiger partial charge in [-0.15, -0.1) is 0 Å². The summed E-state index contributed by atoms with van der Waals surface area (Å²) in [7, 11) is 1.87. The minimum Gasteiger partial charge on any atom is -0.481 e. The van der Waals surface area contributed by atoms with E-state index in [1.807, 2.05) is 14.0 Å². The zero-order valence-corrected chi connectivity index (χ0v) is 13.3. The summed E-state index contributed by atoms with van der Waals surface area (Å²) in [6.45, 7) is 2.46. The van der Waals surface area contributed by atoms with Gasteiger partial charge >= 0.3 is 5.97 Å². The number of aromatic nitrogens is 2. The molecule has 1 aromatic heterocycles. The summed E-state index contributed by atoms with van der Waals surface area (Å²) < 4.78 is 8.49. The molecule has 0 aromatic carbocycles. The SMILES string of the molecule is Cc1nn(C)c(CC2(C(=O)O)CCOC2C2CC2)c1Br. The number of hydrogen-bond acceptors (Lipinski definition) is 3. The maximum atomic E-state index is 12.0. The van der Waals surface area contributed by atoms with Gasteiger partial charge < -0.3 is 9.84 Å². The van der Waals surface area contributed by atoms with Crippen LogP contribution in [0.4, 0.5) is 0 Å². The number of nitrogens with zero attached hydrogens (tertiary/aromatic N) is 2. The molecule has 2 unspecified atom stereocenters. The molecule has 1 aliphatic carbocycles. The molecule has 110 valence electrons. The minimum absolute atomic E-state index is 0.151. The van der Waals surface area contributed by atoms with Gasteiger partial charge in [0.1, 0.15) is 5.41 Å². The van der Waals surface area contributed by atoms with E-state index < -0.39 is 11.4 Å². The standard InChI is InChI=1S/C14H19BrN2O3/c1-8-11(15)10(17(2)16-8)7-14(13(18)19)5-6-20-12(14)9-3-4-9/h9,12H,3-7H2,1-2H3,(H,18,19). The number of carboxylic acids is 1. The van der Waals surface area contributed by atoms with Crippen molar-refractivity contribution in [1.82, 2.24) is 9.78 Å². The van der Waals surface area contributed by atoms with E-state index in [1.54, 1.807) is 4.68 Å².